The summed E-state index contributed by atoms with van der Waals surface area (Å²) in [6.07, 6.45) is 2.21. The van der Waals surface area contributed by atoms with Crippen molar-refractivity contribution >= 4 is 15.9 Å². The molecule has 0 bridgehead atoms. The fourth-order valence-electron chi connectivity index (χ4n) is 2.05. The van der Waals surface area contributed by atoms with Gasteiger partial charge in [-0.15, -0.1) is 0 Å². The molecule has 4 heteroatoms. The molecule has 3 nitrogen and oxygen atoms in total. The number of aryl methyl sites for hydroxylation is 1. The Labute approximate surface area is 117 Å². The lowest BCUT2D eigenvalue weighted by molar-refractivity contribution is 0.0770. The molecular weight excluding hydrogens is 294 g/mol. The summed E-state index contributed by atoms with van der Waals surface area (Å²) in [7, 11) is 0. The first-order valence-corrected chi connectivity index (χ1v) is 7.25. The summed E-state index contributed by atoms with van der Waals surface area (Å²) in [5.74, 6) is 0.911. The van der Waals surface area contributed by atoms with Gasteiger partial charge in [0.05, 0.1) is 4.47 Å². The molecule has 0 aromatic heterocycles. The van der Waals surface area contributed by atoms with Crippen molar-refractivity contribution in [2.24, 2.45) is 0 Å². The van der Waals surface area contributed by atoms with Crippen LogP contribution in [0.3, 0.4) is 0 Å². The van der Waals surface area contributed by atoms with Crippen LogP contribution in [0.15, 0.2) is 22.7 Å². The third-order valence-electron chi connectivity index (χ3n) is 3.10. The van der Waals surface area contributed by atoms with Crippen LogP contribution in [0, 0.1) is 6.92 Å². The van der Waals surface area contributed by atoms with E-state index in [1.54, 1.807) is 0 Å². The number of halogens is 1. The fourth-order valence-corrected chi connectivity index (χ4v) is 2.66. The third kappa shape index (κ3) is 4.26. The molecule has 1 aromatic rings. The molecule has 1 aliphatic rings. The number of rotatable bonds is 5. The first-order chi connectivity index (χ1) is 8.75. The third-order valence-corrected chi connectivity index (χ3v) is 3.72. The Morgan fingerprint density at radius 2 is 2.17 bits per heavy atom. The Balaban J connectivity index is 1.68. The van der Waals surface area contributed by atoms with Gasteiger partial charge in [0, 0.05) is 25.8 Å². The van der Waals surface area contributed by atoms with Gasteiger partial charge in [-0.3, -0.25) is 0 Å². The highest BCUT2D eigenvalue weighted by Crippen LogP contribution is 2.25. The summed E-state index contributed by atoms with van der Waals surface area (Å²) in [5.41, 5.74) is 1.23. The van der Waals surface area contributed by atoms with Crippen LogP contribution < -0.4 is 10.1 Å². The normalized spacial score (nSPS) is 16.8. The largest absolute Gasteiger partial charge is 0.491 e. The zero-order valence-electron chi connectivity index (χ0n) is 10.7. The van der Waals surface area contributed by atoms with E-state index in [1.807, 2.05) is 6.07 Å². The van der Waals surface area contributed by atoms with E-state index in [-0.39, 0.29) is 0 Å². The molecule has 1 fully saturated rings. The highest BCUT2D eigenvalue weighted by molar-refractivity contribution is 9.10. The molecule has 1 N–H and O–H groups in total. The van der Waals surface area contributed by atoms with E-state index in [2.05, 4.69) is 40.3 Å². The van der Waals surface area contributed by atoms with Gasteiger partial charge in [0.1, 0.15) is 12.4 Å². The molecule has 100 valence electrons. The molecular formula is C14H20BrNO2. The monoisotopic (exact) mass is 313 g/mol. The van der Waals surface area contributed by atoms with Gasteiger partial charge < -0.3 is 14.8 Å². The Bertz CT molecular complexity index is 378. The second-order valence-corrected chi connectivity index (χ2v) is 5.48. The van der Waals surface area contributed by atoms with E-state index in [0.717, 1.165) is 42.8 Å². The van der Waals surface area contributed by atoms with Gasteiger partial charge in [-0.05, 0) is 53.4 Å². The van der Waals surface area contributed by atoms with E-state index in [4.69, 9.17) is 9.47 Å². The van der Waals surface area contributed by atoms with Crippen molar-refractivity contribution in [3.05, 3.63) is 28.2 Å². The summed E-state index contributed by atoms with van der Waals surface area (Å²) in [4.78, 5) is 0. The maximum Gasteiger partial charge on any atom is 0.133 e. The maximum absolute atomic E-state index is 5.74. The Morgan fingerprint density at radius 1 is 1.39 bits per heavy atom. The van der Waals surface area contributed by atoms with Crippen molar-refractivity contribution in [1.82, 2.24) is 5.32 Å². The molecule has 2 rings (SSSR count). The molecule has 0 radical (unpaired) electrons. The van der Waals surface area contributed by atoms with E-state index >= 15 is 0 Å². The van der Waals surface area contributed by atoms with Gasteiger partial charge in [0.25, 0.3) is 0 Å². The molecule has 0 spiro atoms. The predicted molar refractivity (Wildman–Crippen MR) is 76.2 cm³/mol. The summed E-state index contributed by atoms with van der Waals surface area (Å²) in [6.45, 7) is 5.40. The number of hydrogen-bond donors (Lipinski definition) is 1. The van der Waals surface area contributed by atoms with Gasteiger partial charge in [0.2, 0.25) is 0 Å². The first-order valence-electron chi connectivity index (χ1n) is 6.46. The minimum atomic E-state index is 0.587. The highest BCUT2D eigenvalue weighted by atomic mass is 79.9. The molecule has 0 unspecified atom stereocenters. The smallest absolute Gasteiger partial charge is 0.133 e. The Kier molecular flexibility index (Phi) is 5.47. The minimum absolute atomic E-state index is 0.587. The SMILES string of the molecule is Cc1ccc(OCCNC2CCOCC2)c(Br)c1. The summed E-state index contributed by atoms with van der Waals surface area (Å²) < 4.78 is 12.1. The molecule has 18 heavy (non-hydrogen) atoms. The molecule has 0 atom stereocenters. The zero-order chi connectivity index (χ0) is 12.8. The highest BCUT2D eigenvalue weighted by Gasteiger charge is 2.12. The van der Waals surface area contributed by atoms with E-state index in [1.165, 1.54) is 5.56 Å². The standard InChI is InChI=1S/C14H20BrNO2/c1-11-2-3-14(13(15)10-11)18-9-6-16-12-4-7-17-8-5-12/h2-3,10,12,16H,4-9H2,1H3. The second-order valence-electron chi connectivity index (χ2n) is 4.62. The number of hydrogen-bond acceptors (Lipinski definition) is 3. The molecule has 0 saturated carbocycles. The molecule has 0 aliphatic carbocycles. The van der Waals surface area contributed by atoms with E-state index < -0.39 is 0 Å². The quantitative estimate of drug-likeness (QED) is 0.848. The second kappa shape index (κ2) is 7.12. The Morgan fingerprint density at radius 3 is 2.89 bits per heavy atom. The zero-order valence-corrected chi connectivity index (χ0v) is 12.3. The minimum Gasteiger partial charge on any atom is -0.491 e. The average Bonchev–Trinajstić information content (AvgIpc) is 2.38. The van der Waals surface area contributed by atoms with Crippen LogP contribution in [-0.2, 0) is 4.74 Å². The van der Waals surface area contributed by atoms with Gasteiger partial charge in [-0.1, -0.05) is 6.07 Å². The summed E-state index contributed by atoms with van der Waals surface area (Å²) in [5, 5.41) is 3.50. The van der Waals surface area contributed by atoms with Gasteiger partial charge in [0.15, 0.2) is 0 Å². The molecule has 0 amide bonds. The Hall–Kier alpha value is -0.580. The van der Waals surface area contributed by atoms with Crippen LogP contribution >= 0.6 is 15.9 Å². The fraction of sp³-hybridized carbons (Fsp3) is 0.571. The summed E-state index contributed by atoms with van der Waals surface area (Å²) >= 11 is 3.51. The van der Waals surface area contributed by atoms with Gasteiger partial charge in [-0.2, -0.15) is 0 Å². The van der Waals surface area contributed by atoms with Crippen LogP contribution in [0.2, 0.25) is 0 Å². The summed E-state index contributed by atoms with van der Waals surface area (Å²) in [6, 6.07) is 6.73. The lowest BCUT2D eigenvalue weighted by atomic mass is 10.1. The average molecular weight is 314 g/mol. The van der Waals surface area contributed by atoms with Crippen molar-refractivity contribution in [2.75, 3.05) is 26.4 Å². The van der Waals surface area contributed by atoms with Crippen molar-refractivity contribution < 1.29 is 9.47 Å². The maximum atomic E-state index is 5.74. The number of benzene rings is 1. The molecule has 1 aromatic carbocycles. The molecule has 1 heterocycles. The van der Waals surface area contributed by atoms with Crippen molar-refractivity contribution in [2.45, 2.75) is 25.8 Å². The van der Waals surface area contributed by atoms with Crippen LogP contribution in [0.5, 0.6) is 5.75 Å². The number of ether oxygens (including phenoxy) is 2. The topological polar surface area (TPSA) is 30.5 Å². The van der Waals surface area contributed by atoms with Crippen molar-refractivity contribution in [3.63, 3.8) is 0 Å². The van der Waals surface area contributed by atoms with Gasteiger partial charge >= 0.3 is 0 Å². The van der Waals surface area contributed by atoms with E-state index in [0.29, 0.717) is 12.6 Å². The van der Waals surface area contributed by atoms with Crippen molar-refractivity contribution in [3.8, 4) is 5.75 Å². The van der Waals surface area contributed by atoms with Crippen LogP contribution in [-0.4, -0.2) is 32.4 Å². The molecule has 1 saturated heterocycles. The lowest BCUT2D eigenvalue weighted by Crippen LogP contribution is -2.37. The number of nitrogens with one attached hydrogen (secondary N) is 1. The lowest BCUT2D eigenvalue weighted by Gasteiger charge is -2.23. The van der Waals surface area contributed by atoms with Crippen LogP contribution in [0.1, 0.15) is 18.4 Å². The van der Waals surface area contributed by atoms with Gasteiger partial charge in [-0.25, -0.2) is 0 Å². The van der Waals surface area contributed by atoms with Crippen molar-refractivity contribution in [1.29, 1.82) is 0 Å². The van der Waals surface area contributed by atoms with Crippen LogP contribution in [0.4, 0.5) is 0 Å². The first kappa shape index (κ1) is 13.8. The predicted octanol–water partition coefficient (Wildman–Crippen LogP) is 2.90. The van der Waals surface area contributed by atoms with Crippen LogP contribution in [0.25, 0.3) is 0 Å². The molecule has 1 aliphatic heterocycles. The van der Waals surface area contributed by atoms with E-state index in [9.17, 15) is 0 Å².